The van der Waals surface area contributed by atoms with E-state index in [1.807, 2.05) is 24.3 Å². The van der Waals surface area contributed by atoms with E-state index >= 15 is 0 Å². The van der Waals surface area contributed by atoms with Crippen molar-refractivity contribution >= 4 is 59.4 Å². The zero-order valence-corrected chi connectivity index (χ0v) is 21.2. The highest BCUT2D eigenvalue weighted by molar-refractivity contribution is 9.11. The van der Waals surface area contributed by atoms with Crippen molar-refractivity contribution < 1.29 is 33.3 Å². The largest absolute Gasteiger partial charge is 0.490 e. The molecule has 0 aliphatic carbocycles. The molecule has 1 aromatic carbocycles. The molecule has 2 fully saturated rings. The summed E-state index contributed by atoms with van der Waals surface area (Å²) < 4.78 is 34.7. The van der Waals surface area contributed by atoms with Gasteiger partial charge in [0.2, 0.25) is 0 Å². The topological polar surface area (TPSA) is 106 Å². The number of carboxylic acid groups (broad SMARTS) is 1. The van der Waals surface area contributed by atoms with E-state index in [1.165, 1.54) is 5.69 Å². The quantitative estimate of drug-likeness (QED) is 0.348. The Bertz CT molecular complexity index is 796. The van der Waals surface area contributed by atoms with E-state index < -0.39 is 12.1 Å². The molecular formula is C19H21Br3F3N3O4. The number of nitrogens with one attached hydrogen (secondary N) is 1. The molecule has 0 spiro atoms. The van der Waals surface area contributed by atoms with Crippen molar-refractivity contribution in [3.05, 3.63) is 56.1 Å². The zero-order chi connectivity index (χ0) is 24.3. The molecule has 0 saturated carbocycles. The summed E-state index contributed by atoms with van der Waals surface area (Å²) >= 11 is 9.85. The van der Waals surface area contributed by atoms with Crippen molar-refractivity contribution in [1.82, 2.24) is 10.3 Å². The third kappa shape index (κ3) is 12.1. The summed E-state index contributed by atoms with van der Waals surface area (Å²) in [7, 11) is 0. The lowest BCUT2D eigenvalue weighted by atomic mass is 10.1. The number of aromatic nitrogens is 1. The second-order valence-corrected chi connectivity index (χ2v) is 9.09. The molecule has 2 aromatic rings. The Morgan fingerprint density at radius 2 is 1.44 bits per heavy atom. The first-order valence-corrected chi connectivity index (χ1v) is 11.4. The molecule has 2 aliphatic rings. The third-order valence-corrected chi connectivity index (χ3v) is 5.21. The molecule has 178 valence electrons. The number of aliphatic hydroxyl groups excluding tert-OH is 2. The Morgan fingerprint density at radius 1 is 0.969 bits per heavy atom. The number of aliphatic carboxylic acids is 1. The van der Waals surface area contributed by atoms with Gasteiger partial charge in [0.1, 0.15) is 4.60 Å². The van der Waals surface area contributed by atoms with Gasteiger partial charge in [-0.1, -0.05) is 15.9 Å². The fourth-order valence-electron chi connectivity index (χ4n) is 1.95. The van der Waals surface area contributed by atoms with Gasteiger partial charge < -0.3 is 25.5 Å². The Labute approximate surface area is 208 Å². The summed E-state index contributed by atoms with van der Waals surface area (Å²) in [6, 6.07) is 11.9. The lowest BCUT2D eigenvalue weighted by Gasteiger charge is -2.37. The average molecular weight is 652 g/mol. The number of aliphatic hydroxyl groups is 2. The number of pyridine rings is 1. The number of halogens is 6. The van der Waals surface area contributed by atoms with Gasteiger partial charge in [-0.3, -0.25) is 0 Å². The van der Waals surface area contributed by atoms with Gasteiger partial charge in [-0.2, -0.15) is 13.2 Å². The number of hydrogen-bond donors (Lipinski definition) is 4. The number of carboxylic acids is 1. The molecule has 3 heterocycles. The maximum Gasteiger partial charge on any atom is 0.490 e. The van der Waals surface area contributed by atoms with Gasteiger partial charge in [0, 0.05) is 47.0 Å². The Morgan fingerprint density at radius 3 is 1.72 bits per heavy atom. The molecule has 2 aliphatic heterocycles. The Balaban J connectivity index is 0.000000225. The highest BCUT2D eigenvalue weighted by Gasteiger charge is 2.38. The second kappa shape index (κ2) is 14.1. The first kappa shape index (κ1) is 28.8. The van der Waals surface area contributed by atoms with Gasteiger partial charge >= 0.3 is 12.1 Å². The van der Waals surface area contributed by atoms with Crippen molar-refractivity contribution in [2.75, 3.05) is 31.1 Å². The van der Waals surface area contributed by atoms with Crippen molar-refractivity contribution in [3.63, 3.8) is 0 Å². The molecule has 4 N–H and O–H groups in total. The van der Waals surface area contributed by atoms with Crippen molar-refractivity contribution in [2.24, 2.45) is 0 Å². The zero-order valence-electron chi connectivity index (χ0n) is 16.4. The van der Waals surface area contributed by atoms with E-state index in [9.17, 15) is 13.2 Å². The molecule has 0 atom stereocenters. The molecule has 1 aromatic heterocycles. The van der Waals surface area contributed by atoms with Crippen LogP contribution in [0.3, 0.4) is 0 Å². The summed E-state index contributed by atoms with van der Waals surface area (Å²) in [5, 5.41) is 27.5. The monoisotopic (exact) mass is 649 g/mol. The first-order chi connectivity index (χ1) is 14.9. The van der Waals surface area contributed by atoms with E-state index in [0.717, 1.165) is 39.7 Å². The van der Waals surface area contributed by atoms with Crippen LogP contribution in [-0.2, 0) is 4.79 Å². The Kier molecular flexibility index (Phi) is 12.7. The summed E-state index contributed by atoms with van der Waals surface area (Å²) in [6.45, 7) is 3.11. The van der Waals surface area contributed by atoms with Gasteiger partial charge in [0.05, 0.1) is 12.2 Å². The number of hydrogen-bond acceptors (Lipinski definition) is 6. The number of β-amino-alcohol motifs (C(OH)–C–C–N with tert-alkyl or cyclic N) is 2. The molecular weight excluding hydrogens is 631 g/mol. The molecule has 0 amide bonds. The number of anilines is 1. The third-order valence-electron chi connectivity index (χ3n) is 3.75. The van der Waals surface area contributed by atoms with Crippen LogP contribution in [0.2, 0.25) is 0 Å². The minimum absolute atomic E-state index is 0.0463. The minimum atomic E-state index is -5.08. The van der Waals surface area contributed by atoms with Crippen LogP contribution in [0.15, 0.2) is 56.1 Å². The molecule has 13 heteroatoms. The van der Waals surface area contributed by atoms with Crippen LogP contribution in [0.5, 0.6) is 0 Å². The second-order valence-electron chi connectivity index (χ2n) is 6.45. The van der Waals surface area contributed by atoms with Crippen molar-refractivity contribution in [3.8, 4) is 0 Å². The maximum atomic E-state index is 10.6. The van der Waals surface area contributed by atoms with E-state index in [-0.39, 0.29) is 12.2 Å². The van der Waals surface area contributed by atoms with Gasteiger partial charge in [0.25, 0.3) is 0 Å². The van der Waals surface area contributed by atoms with E-state index in [0.29, 0.717) is 0 Å². The summed E-state index contributed by atoms with van der Waals surface area (Å²) in [5.41, 5.74) is 1.18. The van der Waals surface area contributed by atoms with Crippen LogP contribution in [-0.4, -0.2) is 70.8 Å². The highest BCUT2D eigenvalue weighted by atomic mass is 79.9. The summed E-state index contributed by atoms with van der Waals surface area (Å²) in [4.78, 5) is 15.0. The Hall–Kier alpha value is -1.25. The average Bonchev–Trinajstić information content (AvgIpc) is 2.68. The van der Waals surface area contributed by atoms with Crippen LogP contribution in [0.1, 0.15) is 0 Å². The summed E-state index contributed by atoms with van der Waals surface area (Å²) in [6.07, 6.45) is -3.52. The first-order valence-electron chi connectivity index (χ1n) is 9.03. The van der Waals surface area contributed by atoms with Crippen LogP contribution >= 0.6 is 47.8 Å². The molecule has 0 radical (unpaired) electrons. The van der Waals surface area contributed by atoms with E-state index in [4.69, 9.17) is 20.1 Å². The number of carbonyl (C=O) groups is 1. The van der Waals surface area contributed by atoms with E-state index in [1.54, 1.807) is 6.20 Å². The van der Waals surface area contributed by atoms with Crippen LogP contribution in [0.4, 0.5) is 18.9 Å². The predicted octanol–water partition coefficient (Wildman–Crippen LogP) is 3.82. The van der Waals surface area contributed by atoms with Crippen LogP contribution in [0.25, 0.3) is 0 Å². The fraction of sp³-hybridized carbons (Fsp3) is 0.368. The molecule has 2 saturated heterocycles. The SMILES string of the molecule is Brc1ccc(Br)nc1.O=C(O)C(F)(F)F.OC1CN(c2ccc(Br)cc2)C1.OC1CNC1. The maximum absolute atomic E-state index is 10.6. The standard InChI is InChI=1S/C9H10BrNO.C5H3Br2N.C3H7NO.C2HF3O2/c10-7-1-3-8(4-2-7)11-5-9(12)6-11;6-4-1-2-5(7)8-3-4;5-3-1-4-2-3;3-2(4,5)1(6)7/h1-4,9,12H,5-6H2;1-3H;3-5H,1-2H2;(H,6,7). The van der Waals surface area contributed by atoms with Crippen molar-refractivity contribution in [2.45, 2.75) is 18.4 Å². The predicted molar refractivity (Wildman–Crippen MR) is 125 cm³/mol. The molecule has 0 unspecified atom stereocenters. The van der Waals surface area contributed by atoms with E-state index in [2.05, 4.69) is 75.1 Å². The normalized spacial score (nSPS) is 15.4. The number of rotatable bonds is 1. The van der Waals surface area contributed by atoms with Gasteiger partial charge in [0.15, 0.2) is 0 Å². The minimum Gasteiger partial charge on any atom is -0.475 e. The van der Waals surface area contributed by atoms with Gasteiger partial charge in [-0.15, -0.1) is 0 Å². The molecule has 0 bridgehead atoms. The highest BCUT2D eigenvalue weighted by Crippen LogP contribution is 2.22. The summed E-state index contributed by atoms with van der Waals surface area (Å²) in [5.74, 6) is -2.76. The molecule has 32 heavy (non-hydrogen) atoms. The molecule has 7 nitrogen and oxygen atoms in total. The number of nitrogens with zero attached hydrogens (tertiary/aromatic N) is 2. The lowest BCUT2D eigenvalue weighted by Crippen LogP contribution is -2.50. The van der Waals surface area contributed by atoms with Crippen LogP contribution in [0, 0.1) is 0 Å². The van der Waals surface area contributed by atoms with Gasteiger partial charge in [-0.25, -0.2) is 9.78 Å². The van der Waals surface area contributed by atoms with Gasteiger partial charge in [-0.05, 0) is 68.3 Å². The van der Waals surface area contributed by atoms with Crippen LogP contribution < -0.4 is 10.2 Å². The smallest absolute Gasteiger partial charge is 0.475 e. The fourth-order valence-corrected chi connectivity index (χ4v) is 2.68. The van der Waals surface area contributed by atoms with Crippen molar-refractivity contribution in [1.29, 1.82) is 0 Å². The molecule has 4 rings (SSSR count). The number of benzene rings is 1. The number of alkyl halides is 3. The lowest BCUT2D eigenvalue weighted by molar-refractivity contribution is -0.192.